The maximum Gasteiger partial charge on any atom is 0.307 e. The smallest absolute Gasteiger partial charge is 0.307 e. The van der Waals surface area contributed by atoms with E-state index >= 15 is 0 Å². The Balaban J connectivity index is 1.92. The summed E-state index contributed by atoms with van der Waals surface area (Å²) in [4.78, 5) is 11.6. The summed E-state index contributed by atoms with van der Waals surface area (Å²) in [5, 5.41) is 15.8. The molecule has 0 aromatic heterocycles. The summed E-state index contributed by atoms with van der Waals surface area (Å²) >= 11 is 0. The minimum Gasteiger partial charge on any atom is -0.481 e. The molecule has 0 amide bonds. The van der Waals surface area contributed by atoms with Gasteiger partial charge in [-0.25, -0.2) is 0 Å². The van der Waals surface area contributed by atoms with Crippen LogP contribution < -0.4 is 10.6 Å². The summed E-state index contributed by atoms with van der Waals surface area (Å²) in [5.41, 5.74) is 1.76. The van der Waals surface area contributed by atoms with Gasteiger partial charge in [0.1, 0.15) is 0 Å². The Kier molecular flexibility index (Phi) is 6.59. The highest BCUT2D eigenvalue weighted by molar-refractivity contribution is 7.85. The third-order valence-electron chi connectivity index (χ3n) is 4.28. The Labute approximate surface area is 142 Å². The standard InChI is InChI=1S/C16H24N2O5S/c19-16(20)15(13-5-7-17-11-13)10-12-3-1-4-14(9-12)18-6-2-8-24(21,22)23/h1,3-4,9,13,15,17-18H,2,5-8,10-11H2,(H,19,20)(H,21,22,23)/t13-,15-/m0/s1. The molecule has 1 fully saturated rings. The number of carboxylic acid groups (broad SMARTS) is 1. The van der Waals surface area contributed by atoms with Gasteiger partial charge in [0.2, 0.25) is 0 Å². The number of hydrogen-bond donors (Lipinski definition) is 4. The van der Waals surface area contributed by atoms with Gasteiger partial charge in [0.25, 0.3) is 10.1 Å². The quantitative estimate of drug-likeness (QED) is 0.388. The Hall–Kier alpha value is -1.64. The molecule has 4 N–H and O–H groups in total. The fourth-order valence-corrected chi connectivity index (χ4v) is 3.53. The molecular weight excluding hydrogens is 332 g/mol. The molecule has 134 valence electrons. The van der Waals surface area contributed by atoms with Crippen LogP contribution in [0.3, 0.4) is 0 Å². The van der Waals surface area contributed by atoms with Crippen LogP contribution in [-0.2, 0) is 21.3 Å². The summed E-state index contributed by atoms with van der Waals surface area (Å²) in [5.74, 6) is -1.31. The van der Waals surface area contributed by atoms with Gasteiger partial charge in [-0.05, 0) is 56.0 Å². The van der Waals surface area contributed by atoms with Crippen molar-refractivity contribution >= 4 is 21.8 Å². The highest BCUT2D eigenvalue weighted by atomic mass is 32.2. The first-order valence-corrected chi connectivity index (χ1v) is 9.67. The number of carboxylic acids is 1. The van der Waals surface area contributed by atoms with Gasteiger partial charge in [0, 0.05) is 12.2 Å². The third kappa shape index (κ3) is 6.10. The zero-order chi connectivity index (χ0) is 17.6. The van der Waals surface area contributed by atoms with Crippen LogP contribution in [0.4, 0.5) is 5.69 Å². The van der Waals surface area contributed by atoms with E-state index in [2.05, 4.69) is 10.6 Å². The third-order valence-corrected chi connectivity index (χ3v) is 5.08. The van der Waals surface area contributed by atoms with E-state index < -0.39 is 22.0 Å². The second kappa shape index (κ2) is 8.46. The van der Waals surface area contributed by atoms with Crippen LogP contribution in [0.5, 0.6) is 0 Å². The molecule has 8 heteroatoms. The molecule has 0 bridgehead atoms. The normalized spacial score (nSPS) is 19.1. The molecule has 0 saturated carbocycles. The fraction of sp³-hybridized carbons (Fsp3) is 0.562. The number of aliphatic carboxylic acids is 1. The first-order chi connectivity index (χ1) is 11.3. The van der Waals surface area contributed by atoms with Crippen molar-refractivity contribution < 1.29 is 22.9 Å². The predicted octanol–water partition coefficient (Wildman–Crippen LogP) is 1.23. The monoisotopic (exact) mass is 356 g/mol. The van der Waals surface area contributed by atoms with E-state index in [0.717, 1.165) is 30.8 Å². The van der Waals surface area contributed by atoms with E-state index in [-0.39, 0.29) is 11.7 Å². The molecule has 0 unspecified atom stereocenters. The van der Waals surface area contributed by atoms with E-state index in [1.165, 1.54) is 0 Å². The average Bonchev–Trinajstić information content (AvgIpc) is 3.02. The summed E-state index contributed by atoms with van der Waals surface area (Å²) in [6.07, 6.45) is 1.65. The zero-order valence-electron chi connectivity index (χ0n) is 13.4. The molecule has 0 spiro atoms. The van der Waals surface area contributed by atoms with Crippen molar-refractivity contribution in [1.29, 1.82) is 0 Å². The molecule has 1 aliphatic rings. The predicted molar refractivity (Wildman–Crippen MR) is 91.8 cm³/mol. The average molecular weight is 356 g/mol. The van der Waals surface area contributed by atoms with Gasteiger partial charge >= 0.3 is 5.97 Å². The summed E-state index contributed by atoms with van der Waals surface area (Å²) < 4.78 is 30.0. The Morgan fingerprint density at radius 2 is 2.21 bits per heavy atom. The van der Waals surface area contributed by atoms with Crippen molar-refractivity contribution in [3.05, 3.63) is 29.8 Å². The Morgan fingerprint density at radius 3 is 2.83 bits per heavy atom. The number of anilines is 1. The summed E-state index contributed by atoms with van der Waals surface area (Å²) in [7, 11) is -3.93. The zero-order valence-corrected chi connectivity index (χ0v) is 14.3. The second-order valence-corrected chi connectivity index (χ2v) is 7.74. The van der Waals surface area contributed by atoms with Crippen LogP contribution in [0.1, 0.15) is 18.4 Å². The topological polar surface area (TPSA) is 116 Å². The molecule has 2 rings (SSSR count). The maximum absolute atomic E-state index is 11.6. The van der Waals surface area contributed by atoms with E-state index in [1.54, 1.807) is 0 Å². The van der Waals surface area contributed by atoms with E-state index in [9.17, 15) is 18.3 Å². The summed E-state index contributed by atoms with van der Waals surface area (Å²) in [6.45, 7) is 2.02. The van der Waals surface area contributed by atoms with Crippen LogP contribution in [0.2, 0.25) is 0 Å². The molecule has 7 nitrogen and oxygen atoms in total. The van der Waals surface area contributed by atoms with Crippen molar-refractivity contribution in [2.75, 3.05) is 30.7 Å². The van der Waals surface area contributed by atoms with Gasteiger partial charge in [0.15, 0.2) is 0 Å². The van der Waals surface area contributed by atoms with Gasteiger partial charge in [-0.1, -0.05) is 12.1 Å². The molecule has 1 heterocycles. The minimum absolute atomic E-state index is 0.147. The minimum atomic E-state index is -3.93. The van der Waals surface area contributed by atoms with Crippen molar-refractivity contribution in [3.8, 4) is 0 Å². The van der Waals surface area contributed by atoms with Crippen LogP contribution in [0, 0.1) is 11.8 Å². The SMILES string of the molecule is O=C(O)[C@@H](Cc1cccc(NCCCS(=O)(=O)O)c1)[C@H]1CCNC1. The second-order valence-electron chi connectivity index (χ2n) is 6.17. The lowest BCUT2D eigenvalue weighted by molar-refractivity contribution is -0.143. The lowest BCUT2D eigenvalue weighted by atomic mass is 9.86. The molecule has 0 radical (unpaired) electrons. The van der Waals surface area contributed by atoms with Crippen LogP contribution in [0.15, 0.2) is 24.3 Å². The molecule has 1 saturated heterocycles. The van der Waals surface area contributed by atoms with Crippen LogP contribution >= 0.6 is 0 Å². The fourth-order valence-electron chi connectivity index (χ4n) is 3.03. The molecule has 2 atom stereocenters. The first kappa shape index (κ1) is 18.7. The van der Waals surface area contributed by atoms with Crippen LogP contribution in [0.25, 0.3) is 0 Å². The molecule has 1 aromatic carbocycles. The number of rotatable bonds is 9. The Bertz CT molecular complexity index is 656. The highest BCUT2D eigenvalue weighted by Gasteiger charge is 2.30. The van der Waals surface area contributed by atoms with Crippen molar-refractivity contribution in [2.45, 2.75) is 19.3 Å². The van der Waals surface area contributed by atoms with E-state index in [0.29, 0.717) is 19.4 Å². The van der Waals surface area contributed by atoms with Gasteiger partial charge in [-0.2, -0.15) is 8.42 Å². The Morgan fingerprint density at radius 1 is 1.42 bits per heavy atom. The maximum atomic E-state index is 11.6. The van der Waals surface area contributed by atoms with Gasteiger partial charge < -0.3 is 15.7 Å². The molecule has 1 aliphatic heterocycles. The molecule has 1 aromatic rings. The number of benzene rings is 1. The molecule has 24 heavy (non-hydrogen) atoms. The molecular formula is C16H24N2O5S. The molecule has 0 aliphatic carbocycles. The number of carbonyl (C=O) groups is 1. The van der Waals surface area contributed by atoms with E-state index in [4.69, 9.17) is 4.55 Å². The van der Waals surface area contributed by atoms with Crippen molar-refractivity contribution in [2.24, 2.45) is 11.8 Å². The highest BCUT2D eigenvalue weighted by Crippen LogP contribution is 2.24. The first-order valence-electron chi connectivity index (χ1n) is 8.06. The lowest BCUT2D eigenvalue weighted by Gasteiger charge is -2.19. The number of nitrogens with one attached hydrogen (secondary N) is 2. The van der Waals surface area contributed by atoms with Gasteiger partial charge in [-0.3, -0.25) is 9.35 Å². The van der Waals surface area contributed by atoms with E-state index in [1.807, 2.05) is 24.3 Å². The number of hydrogen-bond acceptors (Lipinski definition) is 5. The van der Waals surface area contributed by atoms with Gasteiger partial charge in [0.05, 0.1) is 11.7 Å². The van der Waals surface area contributed by atoms with Gasteiger partial charge in [-0.15, -0.1) is 0 Å². The van der Waals surface area contributed by atoms with Crippen LogP contribution in [-0.4, -0.2) is 49.4 Å². The van der Waals surface area contributed by atoms with Crippen molar-refractivity contribution in [3.63, 3.8) is 0 Å². The summed E-state index contributed by atoms with van der Waals surface area (Å²) in [6, 6.07) is 7.50. The largest absolute Gasteiger partial charge is 0.481 e. The lowest BCUT2D eigenvalue weighted by Crippen LogP contribution is -2.27. The van der Waals surface area contributed by atoms with Crippen molar-refractivity contribution in [1.82, 2.24) is 5.32 Å².